The molecule has 0 aromatic heterocycles. The zero-order valence-corrected chi connectivity index (χ0v) is 20.4. The Kier molecular flexibility index (Phi) is 8.29. The van der Waals surface area contributed by atoms with Gasteiger partial charge in [-0.25, -0.2) is 17.6 Å². The van der Waals surface area contributed by atoms with Gasteiger partial charge in [0.1, 0.15) is 5.82 Å². The van der Waals surface area contributed by atoms with E-state index >= 15 is 0 Å². The van der Waals surface area contributed by atoms with Crippen molar-refractivity contribution in [2.24, 2.45) is 0 Å². The molecule has 0 heterocycles. The molecule has 1 saturated carbocycles. The van der Waals surface area contributed by atoms with Gasteiger partial charge in [-0.3, -0.25) is 0 Å². The van der Waals surface area contributed by atoms with Gasteiger partial charge >= 0.3 is 0 Å². The summed E-state index contributed by atoms with van der Waals surface area (Å²) in [6.07, 6.45) is 3.26. The van der Waals surface area contributed by atoms with Gasteiger partial charge in [-0.2, -0.15) is 4.39 Å². The Morgan fingerprint density at radius 1 is 0.778 bits per heavy atom. The topological polar surface area (TPSA) is 18.5 Å². The molecule has 0 atom stereocenters. The molecule has 7 heteroatoms. The first kappa shape index (κ1) is 26.1. The Morgan fingerprint density at radius 2 is 1.50 bits per heavy atom. The van der Waals surface area contributed by atoms with E-state index < -0.39 is 29.1 Å². The van der Waals surface area contributed by atoms with Crippen LogP contribution in [0.3, 0.4) is 0 Å². The summed E-state index contributed by atoms with van der Waals surface area (Å²) in [6, 6.07) is 10.1. The number of aryl methyl sites for hydroxylation is 1. The summed E-state index contributed by atoms with van der Waals surface area (Å²) in [7, 11) is 0. The molecule has 0 amide bonds. The van der Waals surface area contributed by atoms with Gasteiger partial charge in [-0.15, -0.1) is 0 Å². The summed E-state index contributed by atoms with van der Waals surface area (Å²) in [5.74, 6) is -4.81. The zero-order chi connectivity index (χ0) is 25.8. The molecule has 0 unspecified atom stereocenters. The standard InChI is InChI=1S/C29H29F5O2/c1-3-14-35-25-13-12-23(28(33)29(25)34)22-11-5-18(15-24(22)30)16-36-20-8-6-19(7-9-20)21-10-4-17(2)26(31)27(21)32/h4-5,10-13,15,19-20H,3,6-9,14,16H2,1-2H3. The molecule has 0 N–H and O–H groups in total. The molecular weight excluding hydrogens is 475 g/mol. The van der Waals surface area contributed by atoms with Crippen LogP contribution in [0.15, 0.2) is 42.5 Å². The van der Waals surface area contributed by atoms with Crippen LogP contribution in [0.2, 0.25) is 0 Å². The SMILES string of the molecule is CCCOc1ccc(-c2ccc(COC3CCC(c4ccc(C)c(F)c4F)CC3)cc2F)c(F)c1F. The van der Waals surface area contributed by atoms with Gasteiger partial charge < -0.3 is 9.47 Å². The summed E-state index contributed by atoms with van der Waals surface area (Å²) in [5.41, 5.74) is 1.03. The van der Waals surface area contributed by atoms with Gasteiger partial charge in [0.25, 0.3) is 0 Å². The van der Waals surface area contributed by atoms with E-state index in [1.165, 1.54) is 31.2 Å². The average Bonchev–Trinajstić information content (AvgIpc) is 2.88. The van der Waals surface area contributed by atoms with Gasteiger partial charge in [0.2, 0.25) is 5.82 Å². The molecule has 0 aliphatic heterocycles. The monoisotopic (exact) mass is 504 g/mol. The molecule has 1 fully saturated rings. The lowest BCUT2D eigenvalue weighted by molar-refractivity contribution is 0.0130. The molecule has 4 rings (SSSR count). The van der Waals surface area contributed by atoms with E-state index in [2.05, 4.69) is 0 Å². The Morgan fingerprint density at radius 3 is 2.19 bits per heavy atom. The smallest absolute Gasteiger partial charge is 0.201 e. The highest BCUT2D eigenvalue weighted by Crippen LogP contribution is 2.37. The van der Waals surface area contributed by atoms with E-state index in [9.17, 15) is 22.0 Å². The van der Waals surface area contributed by atoms with Crippen LogP contribution < -0.4 is 4.74 Å². The summed E-state index contributed by atoms with van der Waals surface area (Å²) in [5, 5.41) is 0. The molecule has 3 aromatic rings. The second-order valence-electron chi connectivity index (χ2n) is 9.29. The molecule has 0 radical (unpaired) electrons. The third-order valence-electron chi connectivity index (χ3n) is 6.74. The van der Waals surface area contributed by atoms with Crippen molar-refractivity contribution in [1.29, 1.82) is 0 Å². The lowest BCUT2D eigenvalue weighted by Crippen LogP contribution is -2.21. The molecular formula is C29H29F5O2. The van der Waals surface area contributed by atoms with Crippen molar-refractivity contribution in [3.63, 3.8) is 0 Å². The predicted octanol–water partition coefficient (Wildman–Crippen LogP) is 8.39. The van der Waals surface area contributed by atoms with E-state index in [0.29, 0.717) is 43.2 Å². The summed E-state index contributed by atoms with van der Waals surface area (Å²) in [4.78, 5) is 0. The Labute approximate surface area is 208 Å². The lowest BCUT2D eigenvalue weighted by Gasteiger charge is -2.29. The van der Waals surface area contributed by atoms with Crippen molar-refractivity contribution in [3.8, 4) is 16.9 Å². The number of rotatable bonds is 8. The van der Waals surface area contributed by atoms with Gasteiger partial charge in [-0.05, 0) is 79.8 Å². The largest absolute Gasteiger partial charge is 0.490 e. The molecule has 1 aliphatic rings. The molecule has 2 nitrogen and oxygen atoms in total. The molecule has 1 aliphatic carbocycles. The predicted molar refractivity (Wildman–Crippen MR) is 128 cm³/mol. The quantitative estimate of drug-likeness (QED) is 0.287. The van der Waals surface area contributed by atoms with Crippen LogP contribution in [-0.2, 0) is 11.3 Å². The fraction of sp³-hybridized carbons (Fsp3) is 0.379. The third-order valence-corrected chi connectivity index (χ3v) is 6.74. The van der Waals surface area contributed by atoms with Crippen LogP contribution in [0.4, 0.5) is 22.0 Å². The van der Waals surface area contributed by atoms with Crippen molar-refractivity contribution in [2.45, 2.75) is 64.6 Å². The van der Waals surface area contributed by atoms with Gasteiger partial charge in [-0.1, -0.05) is 31.2 Å². The minimum absolute atomic E-state index is 0.0509. The highest BCUT2D eigenvalue weighted by molar-refractivity contribution is 5.66. The normalized spacial score (nSPS) is 17.9. The molecule has 0 bridgehead atoms. The minimum Gasteiger partial charge on any atom is -0.490 e. The molecule has 3 aromatic carbocycles. The first-order valence-corrected chi connectivity index (χ1v) is 12.3. The Hall–Kier alpha value is -2.93. The average molecular weight is 505 g/mol. The zero-order valence-electron chi connectivity index (χ0n) is 20.4. The van der Waals surface area contributed by atoms with E-state index in [4.69, 9.17) is 9.47 Å². The van der Waals surface area contributed by atoms with Crippen LogP contribution in [0.1, 0.15) is 61.6 Å². The molecule has 0 saturated heterocycles. The number of halogens is 5. The third kappa shape index (κ3) is 5.56. The second-order valence-corrected chi connectivity index (χ2v) is 9.29. The van der Waals surface area contributed by atoms with E-state index in [-0.39, 0.29) is 47.7 Å². The number of benzene rings is 3. The van der Waals surface area contributed by atoms with Gasteiger partial charge in [0.05, 0.1) is 19.3 Å². The van der Waals surface area contributed by atoms with Crippen LogP contribution in [-0.4, -0.2) is 12.7 Å². The van der Waals surface area contributed by atoms with Gasteiger partial charge in [0.15, 0.2) is 23.2 Å². The van der Waals surface area contributed by atoms with E-state index in [1.54, 1.807) is 18.2 Å². The van der Waals surface area contributed by atoms with Crippen molar-refractivity contribution in [2.75, 3.05) is 6.61 Å². The van der Waals surface area contributed by atoms with Crippen molar-refractivity contribution in [3.05, 3.63) is 88.2 Å². The minimum atomic E-state index is -1.16. The number of ether oxygens (including phenoxy) is 2. The highest BCUT2D eigenvalue weighted by atomic mass is 19.2. The van der Waals surface area contributed by atoms with E-state index in [0.717, 1.165) is 0 Å². The number of hydrogen-bond acceptors (Lipinski definition) is 2. The van der Waals surface area contributed by atoms with Crippen molar-refractivity contribution in [1.82, 2.24) is 0 Å². The maximum atomic E-state index is 14.8. The molecule has 0 spiro atoms. The van der Waals surface area contributed by atoms with Gasteiger partial charge in [0, 0.05) is 11.1 Å². The highest BCUT2D eigenvalue weighted by Gasteiger charge is 2.26. The van der Waals surface area contributed by atoms with Crippen LogP contribution in [0, 0.1) is 36.0 Å². The lowest BCUT2D eigenvalue weighted by atomic mass is 9.82. The summed E-state index contributed by atoms with van der Waals surface area (Å²) < 4.78 is 83.1. The first-order chi connectivity index (χ1) is 17.3. The van der Waals surface area contributed by atoms with Crippen molar-refractivity contribution < 1.29 is 31.4 Å². The number of hydrogen-bond donors (Lipinski definition) is 0. The maximum absolute atomic E-state index is 14.8. The van der Waals surface area contributed by atoms with Crippen LogP contribution in [0.25, 0.3) is 11.1 Å². The Balaban J connectivity index is 1.36. The van der Waals surface area contributed by atoms with E-state index in [1.807, 2.05) is 6.92 Å². The maximum Gasteiger partial charge on any atom is 0.201 e. The first-order valence-electron chi connectivity index (χ1n) is 12.3. The Bertz CT molecular complexity index is 1220. The fourth-order valence-electron chi connectivity index (χ4n) is 4.66. The van der Waals surface area contributed by atoms with Crippen LogP contribution in [0.5, 0.6) is 5.75 Å². The fourth-order valence-corrected chi connectivity index (χ4v) is 4.66. The molecule has 192 valence electrons. The van der Waals surface area contributed by atoms with Crippen LogP contribution >= 0.6 is 0 Å². The molecule has 36 heavy (non-hydrogen) atoms. The summed E-state index contributed by atoms with van der Waals surface area (Å²) >= 11 is 0. The van der Waals surface area contributed by atoms with Crippen molar-refractivity contribution >= 4 is 0 Å². The second kappa shape index (κ2) is 11.4. The summed E-state index contributed by atoms with van der Waals surface area (Å²) in [6.45, 7) is 3.79.